The van der Waals surface area contributed by atoms with E-state index >= 15 is 0 Å². The van der Waals surface area contributed by atoms with E-state index in [1.807, 2.05) is 32.0 Å². The number of nitro benzene ring substituents is 1. The van der Waals surface area contributed by atoms with Gasteiger partial charge in [-0.15, -0.1) is 0 Å². The van der Waals surface area contributed by atoms with E-state index in [4.69, 9.17) is 0 Å². The van der Waals surface area contributed by atoms with Crippen LogP contribution in [0, 0.1) is 24.0 Å². The Labute approximate surface area is 142 Å². The summed E-state index contributed by atoms with van der Waals surface area (Å²) in [5.41, 5.74) is 3.91. The van der Waals surface area contributed by atoms with Crippen LogP contribution in [0.2, 0.25) is 0 Å². The first-order chi connectivity index (χ1) is 11.4. The first-order valence-electron chi connectivity index (χ1n) is 7.33. The summed E-state index contributed by atoms with van der Waals surface area (Å²) in [5.74, 6) is -0.160. The van der Waals surface area contributed by atoms with E-state index in [-0.39, 0.29) is 18.0 Å². The van der Waals surface area contributed by atoms with E-state index in [9.17, 15) is 14.9 Å². The molecule has 0 aliphatic heterocycles. The number of carbonyl (C=O) groups excluding carboxylic acids is 1. The summed E-state index contributed by atoms with van der Waals surface area (Å²) in [5, 5.41) is 14.0. The van der Waals surface area contributed by atoms with E-state index < -0.39 is 4.92 Å². The molecule has 2 aromatic carbocycles. The largest absolute Gasteiger partial charge is 0.302 e. The Bertz CT molecular complexity index is 949. The average Bonchev–Trinajstić information content (AvgIpc) is 2.91. The third-order valence-electron chi connectivity index (χ3n) is 3.77. The van der Waals surface area contributed by atoms with Crippen LogP contribution in [0.1, 0.15) is 16.7 Å². The lowest BCUT2D eigenvalue weighted by Crippen LogP contribution is -2.14. The van der Waals surface area contributed by atoms with E-state index in [0.29, 0.717) is 15.3 Å². The molecule has 0 atom stereocenters. The minimum Gasteiger partial charge on any atom is -0.302 e. The lowest BCUT2D eigenvalue weighted by molar-refractivity contribution is -0.384. The minimum absolute atomic E-state index is 0.0131. The number of nitro groups is 1. The minimum atomic E-state index is -0.447. The molecule has 1 amide bonds. The molecule has 1 heterocycles. The maximum Gasteiger partial charge on any atom is 0.270 e. The highest BCUT2D eigenvalue weighted by molar-refractivity contribution is 7.22. The van der Waals surface area contributed by atoms with Crippen molar-refractivity contribution in [3.8, 4) is 0 Å². The van der Waals surface area contributed by atoms with Gasteiger partial charge in [0.25, 0.3) is 5.69 Å². The first-order valence-corrected chi connectivity index (χ1v) is 8.15. The summed E-state index contributed by atoms with van der Waals surface area (Å²) in [6, 6.07) is 10.4. The zero-order chi connectivity index (χ0) is 17.3. The first kappa shape index (κ1) is 16.1. The van der Waals surface area contributed by atoms with E-state index in [0.717, 1.165) is 11.1 Å². The Morgan fingerprint density at radius 3 is 2.71 bits per heavy atom. The van der Waals surface area contributed by atoms with Crippen molar-refractivity contribution in [2.45, 2.75) is 20.3 Å². The van der Waals surface area contributed by atoms with E-state index in [1.54, 1.807) is 6.07 Å². The van der Waals surface area contributed by atoms with Crippen molar-refractivity contribution in [2.75, 3.05) is 5.32 Å². The Hall–Kier alpha value is -2.80. The number of aromatic nitrogens is 1. The van der Waals surface area contributed by atoms with Gasteiger partial charge in [0.1, 0.15) is 0 Å². The lowest BCUT2D eigenvalue weighted by atomic mass is 10.0. The topological polar surface area (TPSA) is 85.1 Å². The van der Waals surface area contributed by atoms with Crippen LogP contribution >= 0.6 is 11.3 Å². The van der Waals surface area contributed by atoms with Gasteiger partial charge in [-0.25, -0.2) is 4.98 Å². The molecule has 1 N–H and O–H groups in total. The number of carbonyl (C=O) groups is 1. The molecule has 3 rings (SSSR count). The van der Waals surface area contributed by atoms with Gasteiger partial charge < -0.3 is 5.32 Å². The molecule has 122 valence electrons. The molecule has 0 aliphatic carbocycles. The number of thiazole rings is 1. The third kappa shape index (κ3) is 3.41. The van der Waals surface area contributed by atoms with Crippen molar-refractivity contribution in [2.24, 2.45) is 0 Å². The normalized spacial score (nSPS) is 10.8. The van der Waals surface area contributed by atoms with Gasteiger partial charge in [-0.2, -0.15) is 0 Å². The molecule has 7 heteroatoms. The van der Waals surface area contributed by atoms with Crippen molar-refractivity contribution in [3.05, 3.63) is 63.2 Å². The summed E-state index contributed by atoms with van der Waals surface area (Å²) >= 11 is 1.23. The van der Waals surface area contributed by atoms with Crippen LogP contribution < -0.4 is 5.32 Å². The van der Waals surface area contributed by atoms with Gasteiger partial charge in [-0.3, -0.25) is 14.9 Å². The number of benzene rings is 2. The molecule has 0 unspecified atom stereocenters. The Balaban J connectivity index is 1.75. The van der Waals surface area contributed by atoms with Gasteiger partial charge in [-0.1, -0.05) is 29.5 Å². The number of aryl methyl sites for hydroxylation is 2. The summed E-state index contributed by atoms with van der Waals surface area (Å²) in [6.07, 6.45) is 0.261. The maximum atomic E-state index is 12.2. The zero-order valence-electron chi connectivity index (χ0n) is 13.2. The van der Waals surface area contributed by atoms with Gasteiger partial charge in [0.05, 0.1) is 21.6 Å². The highest BCUT2D eigenvalue weighted by Gasteiger charge is 2.12. The lowest BCUT2D eigenvalue weighted by Gasteiger charge is -2.05. The fraction of sp³-hybridized carbons (Fsp3) is 0.176. The van der Waals surface area contributed by atoms with E-state index in [1.165, 1.54) is 29.0 Å². The van der Waals surface area contributed by atoms with Crippen molar-refractivity contribution in [3.63, 3.8) is 0 Å². The van der Waals surface area contributed by atoms with Crippen LogP contribution in [0.5, 0.6) is 0 Å². The number of non-ortho nitro benzene ring substituents is 1. The second kappa shape index (κ2) is 6.37. The third-order valence-corrected chi connectivity index (χ3v) is 4.70. The highest BCUT2D eigenvalue weighted by Crippen LogP contribution is 2.29. The fourth-order valence-corrected chi connectivity index (χ4v) is 3.26. The Morgan fingerprint density at radius 2 is 2.00 bits per heavy atom. The molecule has 0 aliphatic rings. The number of rotatable bonds is 4. The predicted molar refractivity (Wildman–Crippen MR) is 94.5 cm³/mol. The van der Waals surface area contributed by atoms with Crippen LogP contribution in [0.4, 0.5) is 10.8 Å². The van der Waals surface area contributed by atoms with Crippen molar-refractivity contribution >= 4 is 38.3 Å². The number of nitrogens with zero attached hydrogens (tertiary/aromatic N) is 2. The number of fused-ring (bicyclic) bond motifs is 1. The van der Waals surface area contributed by atoms with E-state index in [2.05, 4.69) is 10.3 Å². The molecular formula is C17H15N3O3S. The van der Waals surface area contributed by atoms with Gasteiger partial charge >= 0.3 is 0 Å². The number of amides is 1. The molecule has 3 aromatic rings. The van der Waals surface area contributed by atoms with Gasteiger partial charge in [-0.05, 0) is 36.6 Å². The summed E-state index contributed by atoms with van der Waals surface area (Å²) in [7, 11) is 0. The van der Waals surface area contributed by atoms with Gasteiger partial charge in [0.15, 0.2) is 5.13 Å². The SMILES string of the molecule is Cc1ccc(CC(=O)Nc2nc3ccc([N+](=O)[O-])cc3s2)cc1C. The molecule has 6 nitrogen and oxygen atoms in total. The molecule has 0 radical (unpaired) electrons. The quantitative estimate of drug-likeness (QED) is 0.574. The molecule has 0 bridgehead atoms. The zero-order valence-corrected chi connectivity index (χ0v) is 14.0. The second-order valence-electron chi connectivity index (χ2n) is 5.57. The summed E-state index contributed by atoms with van der Waals surface area (Å²) < 4.78 is 0.672. The van der Waals surface area contributed by atoms with Crippen LogP contribution in [-0.4, -0.2) is 15.8 Å². The average molecular weight is 341 g/mol. The van der Waals surface area contributed by atoms with Crippen molar-refractivity contribution < 1.29 is 9.72 Å². The molecule has 1 aromatic heterocycles. The number of hydrogen-bond donors (Lipinski definition) is 1. The van der Waals surface area contributed by atoms with Gasteiger partial charge in [0, 0.05) is 12.1 Å². The molecule has 0 fully saturated rings. The molecule has 0 spiro atoms. The monoisotopic (exact) mass is 341 g/mol. The smallest absolute Gasteiger partial charge is 0.270 e. The van der Waals surface area contributed by atoms with Crippen molar-refractivity contribution in [1.82, 2.24) is 4.98 Å². The molecule has 0 saturated carbocycles. The fourth-order valence-electron chi connectivity index (χ4n) is 2.34. The standard InChI is InChI=1S/C17H15N3O3S/c1-10-3-4-12(7-11(10)2)8-16(21)19-17-18-14-6-5-13(20(22)23)9-15(14)24-17/h3-7,9H,8H2,1-2H3,(H,18,19,21). The highest BCUT2D eigenvalue weighted by atomic mass is 32.1. The predicted octanol–water partition coefficient (Wildman–Crippen LogP) is 4.00. The molecule has 0 saturated heterocycles. The molecule has 24 heavy (non-hydrogen) atoms. The molecular weight excluding hydrogens is 326 g/mol. The van der Waals surface area contributed by atoms with Crippen molar-refractivity contribution in [1.29, 1.82) is 0 Å². The number of hydrogen-bond acceptors (Lipinski definition) is 5. The Morgan fingerprint density at radius 1 is 1.21 bits per heavy atom. The number of nitrogens with one attached hydrogen (secondary N) is 1. The van der Waals surface area contributed by atoms with Crippen LogP contribution in [0.15, 0.2) is 36.4 Å². The maximum absolute atomic E-state index is 12.2. The number of anilines is 1. The van der Waals surface area contributed by atoms with Crippen LogP contribution in [0.25, 0.3) is 10.2 Å². The van der Waals surface area contributed by atoms with Crippen LogP contribution in [-0.2, 0) is 11.2 Å². The second-order valence-corrected chi connectivity index (χ2v) is 6.60. The van der Waals surface area contributed by atoms with Gasteiger partial charge in [0.2, 0.25) is 5.91 Å². The Kier molecular flexibility index (Phi) is 4.26. The summed E-state index contributed by atoms with van der Waals surface area (Å²) in [6.45, 7) is 4.04. The summed E-state index contributed by atoms with van der Waals surface area (Å²) in [4.78, 5) is 26.8. The van der Waals surface area contributed by atoms with Crippen LogP contribution in [0.3, 0.4) is 0 Å².